The van der Waals surface area contributed by atoms with Crippen molar-refractivity contribution in [3.05, 3.63) is 35.9 Å². The van der Waals surface area contributed by atoms with Gasteiger partial charge in [0.25, 0.3) is 0 Å². The summed E-state index contributed by atoms with van der Waals surface area (Å²) in [6.07, 6.45) is 1.92. The van der Waals surface area contributed by atoms with Gasteiger partial charge in [-0.05, 0) is 18.4 Å². The van der Waals surface area contributed by atoms with Crippen LogP contribution < -0.4 is 10.6 Å². The summed E-state index contributed by atoms with van der Waals surface area (Å²) < 4.78 is 26.5. The van der Waals surface area contributed by atoms with Crippen LogP contribution in [-0.4, -0.2) is 68.3 Å². The number of carbonyl (C=O) groups is 2. The van der Waals surface area contributed by atoms with Gasteiger partial charge < -0.3 is 5.32 Å². The van der Waals surface area contributed by atoms with Crippen molar-refractivity contribution in [3.8, 4) is 0 Å². The van der Waals surface area contributed by atoms with Crippen molar-refractivity contribution in [2.24, 2.45) is 0 Å². The predicted molar refractivity (Wildman–Crippen MR) is 96.8 cm³/mol. The Hall–Kier alpha value is -1.97. The molecule has 1 aliphatic heterocycles. The van der Waals surface area contributed by atoms with Gasteiger partial charge in [0, 0.05) is 32.2 Å². The molecule has 2 N–H and O–H groups in total. The molecule has 3 rings (SSSR count). The van der Waals surface area contributed by atoms with Crippen LogP contribution in [0, 0.1) is 0 Å². The Labute approximate surface area is 153 Å². The van der Waals surface area contributed by atoms with E-state index >= 15 is 0 Å². The molecule has 0 spiro atoms. The molecule has 1 heterocycles. The minimum absolute atomic E-state index is 0.0182. The number of nitrogens with one attached hydrogen (secondary N) is 2. The first-order valence-electron chi connectivity index (χ1n) is 8.77. The molecule has 0 unspecified atom stereocenters. The summed E-state index contributed by atoms with van der Waals surface area (Å²) in [4.78, 5) is 25.3. The van der Waals surface area contributed by atoms with Crippen LogP contribution in [0.3, 0.4) is 0 Å². The van der Waals surface area contributed by atoms with E-state index in [2.05, 4.69) is 10.6 Å². The smallest absolute Gasteiger partial charge is 0.321 e. The average molecular weight is 380 g/mol. The van der Waals surface area contributed by atoms with Gasteiger partial charge in [-0.2, -0.15) is 4.31 Å². The average Bonchev–Trinajstić information content (AvgIpc) is 3.39. The van der Waals surface area contributed by atoms with Gasteiger partial charge in [-0.25, -0.2) is 13.2 Å². The molecule has 142 valence electrons. The lowest BCUT2D eigenvalue weighted by atomic mass is 10.2. The highest BCUT2D eigenvalue weighted by Gasteiger charge is 2.28. The van der Waals surface area contributed by atoms with Crippen molar-refractivity contribution in [1.29, 1.82) is 0 Å². The molecule has 1 aliphatic carbocycles. The van der Waals surface area contributed by atoms with E-state index in [1.807, 2.05) is 23.1 Å². The molecule has 8 nitrogen and oxygen atoms in total. The Balaban J connectivity index is 1.43. The molecule has 2 aliphatic rings. The number of hydrogen-bond donors (Lipinski definition) is 2. The number of hydrogen-bond acceptors (Lipinski definition) is 5. The third kappa shape index (κ3) is 5.52. The number of imide groups is 1. The van der Waals surface area contributed by atoms with E-state index in [-0.39, 0.29) is 24.2 Å². The zero-order valence-electron chi connectivity index (χ0n) is 14.6. The summed E-state index contributed by atoms with van der Waals surface area (Å²) >= 11 is 0. The van der Waals surface area contributed by atoms with Crippen LogP contribution in [0.5, 0.6) is 0 Å². The van der Waals surface area contributed by atoms with Crippen LogP contribution in [0.4, 0.5) is 4.79 Å². The van der Waals surface area contributed by atoms with E-state index in [0.717, 1.165) is 18.4 Å². The minimum Gasteiger partial charge on any atom is -0.335 e. The van der Waals surface area contributed by atoms with Gasteiger partial charge in [0.15, 0.2) is 0 Å². The Morgan fingerprint density at radius 3 is 2.31 bits per heavy atom. The molecule has 9 heteroatoms. The molecule has 3 amide bonds. The number of carbonyl (C=O) groups excluding carboxylic acids is 2. The van der Waals surface area contributed by atoms with Crippen LogP contribution in [-0.2, 0) is 20.6 Å². The van der Waals surface area contributed by atoms with Gasteiger partial charge in [-0.15, -0.1) is 0 Å². The SMILES string of the molecule is O=C(CN1CCN(S(=O)(=O)Cc2ccccc2)CC1)NC(=O)NC1CC1. The standard InChI is InChI=1S/C17H24N4O4S/c22-16(19-17(23)18-15-6-7-15)12-20-8-10-21(11-9-20)26(24,25)13-14-4-2-1-3-5-14/h1-5,15H,6-13H2,(H2,18,19,22,23). The first-order chi connectivity index (χ1) is 12.4. The molecule has 1 aromatic rings. The molecule has 26 heavy (non-hydrogen) atoms. The summed E-state index contributed by atoms with van der Waals surface area (Å²) in [5.74, 6) is -0.390. The van der Waals surface area contributed by atoms with Gasteiger partial charge >= 0.3 is 6.03 Å². The molecule has 0 radical (unpaired) electrons. The number of nitrogens with zero attached hydrogens (tertiary/aromatic N) is 2. The van der Waals surface area contributed by atoms with Crippen molar-refractivity contribution in [2.75, 3.05) is 32.7 Å². The first-order valence-corrected chi connectivity index (χ1v) is 10.4. The second kappa shape index (κ2) is 8.15. The molecular weight excluding hydrogens is 356 g/mol. The van der Waals surface area contributed by atoms with Crippen molar-refractivity contribution >= 4 is 22.0 Å². The largest absolute Gasteiger partial charge is 0.335 e. The fraction of sp³-hybridized carbons (Fsp3) is 0.529. The summed E-state index contributed by atoms with van der Waals surface area (Å²) in [5.41, 5.74) is 0.760. The monoisotopic (exact) mass is 380 g/mol. The molecule has 1 saturated heterocycles. The molecule has 0 atom stereocenters. The normalized spacial score (nSPS) is 19.1. The van der Waals surface area contributed by atoms with E-state index < -0.39 is 16.1 Å². The number of urea groups is 1. The van der Waals surface area contributed by atoms with Crippen molar-refractivity contribution in [2.45, 2.75) is 24.6 Å². The summed E-state index contributed by atoms with van der Waals surface area (Å²) in [6, 6.07) is 8.82. The molecule has 2 fully saturated rings. The van der Waals surface area contributed by atoms with Gasteiger partial charge in [-0.3, -0.25) is 15.0 Å². The maximum Gasteiger partial charge on any atom is 0.321 e. The highest BCUT2D eigenvalue weighted by molar-refractivity contribution is 7.88. The van der Waals surface area contributed by atoms with Crippen LogP contribution >= 0.6 is 0 Å². The molecule has 1 aromatic carbocycles. The van der Waals surface area contributed by atoms with Crippen LogP contribution in [0.1, 0.15) is 18.4 Å². The van der Waals surface area contributed by atoms with E-state index in [4.69, 9.17) is 0 Å². The molecular formula is C17H24N4O4S. The van der Waals surface area contributed by atoms with Crippen LogP contribution in [0.15, 0.2) is 30.3 Å². The van der Waals surface area contributed by atoms with Gasteiger partial charge in [0.05, 0.1) is 12.3 Å². The third-order valence-electron chi connectivity index (χ3n) is 4.45. The van der Waals surface area contributed by atoms with Crippen LogP contribution in [0.25, 0.3) is 0 Å². The Bertz CT molecular complexity index is 741. The highest BCUT2D eigenvalue weighted by Crippen LogP contribution is 2.18. The predicted octanol–water partition coefficient (Wildman–Crippen LogP) is 0.122. The maximum atomic E-state index is 12.5. The summed E-state index contributed by atoms with van der Waals surface area (Å²) in [6.45, 7) is 1.70. The van der Waals surface area contributed by atoms with Gasteiger partial charge in [0.2, 0.25) is 15.9 Å². The van der Waals surface area contributed by atoms with Gasteiger partial charge in [-0.1, -0.05) is 30.3 Å². The number of amides is 3. The number of benzene rings is 1. The topological polar surface area (TPSA) is 98.8 Å². The minimum atomic E-state index is -3.37. The number of rotatable bonds is 6. The fourth-order valence-corrected chi connectivity index (χ4v) is 4.38. The van der Waals surface area contributed by atoms with Crippen molar-refractivity contribution in [1.82, 2.24) is 19.8 Å². The van der Waals surface area contributed by atoms with E-state index in [0.29, 0.717) is 26.2 Å². The van der Waals surface area contributed by atoms with E-state index in [1.54, 1.807) is 12.1 Å². The summed E-state index contributed by atoms with van der Waals surface area (Å²) in [7, 11) is -3.37. The van der Waals surface area contributed by atoms with E-state index in [1.165, 1.54) is 4.31 Å². The molecule has 0 bridgehead atoms. The van der Waals surface area contributed by atoms with E-state index in [9.17, 15) is 18.0 Å². The van der Waals surface area contributed by atoms with Crippen molar-refractivity contribution < 1.29 is 18.0 Å². The summed E-state index contributed by atoms with van der Waals surface area (Å²) in [5, 5.41) is 5.01. The Morgan fingerprint density at radius 1 is 1.04 bits per heavy atom. The number of piperazine rings is 1. The zero-order valence-corrected chi connectivity index (χ0v) is 15.4. The molecule has 0 aromatic heterocycles. The van der Waals surface area contributed by atoms with Crippen LogP contribution in [0.2, 0.25) is 0 Å². The third-order valence-corrected chi connectivity index (χ3v) is 6.30. The Morgan fingerprint density at radius 2 is 1.69 bits per heavy atom. The zero-order chi connectivity index (χ0) is 18.6. The lowest BCUT2D eigenvalue weighted by molar-refractivity contribution is -0.121. The lowest BCUT2D eigenvalue weighted by Gasteiger charge is -2.33. The van der Waals surface area contributed by atoms with Gasteiger partial charge in [0.1, 0.15) is 0 Å². The fourth-order valence-electron chi connectivity index (χ4n) is 2.86. The Kier molecular flexibility index (Phi) is 5.90. The number of sulfonamides is 1. The quantitative estimate of drug-likeness (QED) is 0.731. The maximum absolute atomic E-state index is 12.5. The molecule has 1 saturated carbocycles. The lowest BCUT2D eigenvalue weighted by Crippen LogP contribution is -2.52. The first kappa shape index (κ1) is 18.8. The second-order valence-corrected chi connectivity index (χ2v) is 8.68. The van der Waals surface area contributed by atoms with Crippen molar-refractivity contribution in [3.63, 3.8) is 0 Å². The highest BCUT2D eigenvalue weighted by atomic mass is 32.2. The second-order valence-electron chi connectivity index (χ2n) is 6.71.